The van der Waals surface area contributed by atoms with Gasteiger partial charge in [-0.25, -0.2) is 0 Å². The summed E-state index contributed by atoms with van der Waals surface area (Å²) in [6.07, 6.45) is 8.06. The summed E-state index contributed by atoms with van der Waals surface area (Å²) >= 11 is 0. The van der Waals surface area contributed by atoms with Crippen LogP contribution in [0.25, 0.3) is 0 Å². The van der Waals surface area contributed by atoms with Gasteiger partial charge in [-0.05, 0) is 55.7 Å². The fourth-order valence-electron chi connectivity index (χ4n) is 3.80. The Morgan fingerprint density at radius 2 is 2.15 bits per heavy atom. The molecule has 0 amide bonds. The van der Waals surface area contributed by atoms with Gasteiger partial charge in [0, 0.05) is 19.3 Å². The maximum absolute atomic E-state index is 4.37. The first-order valence-corrected chi connectivity index (χ1v) is 10.4. The summed E-state index contributed by atoms with van der Waals surface area (Å²) in [6.45, 7) is 7.77. The van der Waals surface area contributed by atoms with E-state index in [-0.39, 0.29) is 0 Å². The van der Waals surface area contributed by atoms with Gasteiger partial charge in [-0.3, -0.25) is 0 Å². The van der Waals surface area contributed by atoms with Gasteiger partial charge in [0.25, 0.3) is 0 Å². The van der Waals surface area contributed by atoms with Crippen LogP contribution in [0, 0.1) is 12.0 Å². The van der Waals surface area contributed by atoms with Gasteiger partial charge in [-0.1, -0.05) is 49.7 Å². The van der Waals surface area contributed by atoms with Crippen LogP contribution in [0.3, 0.4) is 0 Å². The van der Waals surface area contributed by atoms with Crippen molar-refractivity contribution in [1.29, 1.82) is 0 Å². The molecule has 0 saturated heterocycles. The summed E-state index contributed by atoms with van der Waals surface area (Å²) in [6, 6.07) is 16.8. The highest BCUT2D eigenvalue weighted by atomic mass is 14.9. The molecule has 1 aliphatic rings. The fourth-order valence-corrected chi connectivity index (χ4v) is 3.80. The van der Waals surface area contributed by atoms with E-state index in [0.717, 1.165) is 32.2 Å². The first-order chi connectivity index (χ1) is 13.2. The minimum absolute atomic E-state index is 0.561. The lowest BCUT2D eigenvalue weighted by Crippen LogP contribution is -2.12. The summed E-state index contributed by atoms with van der Waals surface area (Å²) in [5, 5.41) is 6.70. The topological polar surface area (TPSA) is 24.1 Å². The van der Waals surface area contributed by atoms with Crippen LogP contribution >= 0.6 is 0 Å². The SMILES string of the molecule is C=C(CCCc1cccc(NC)c1)C(C)CCc1[c-]c2c(cc1)CCCN2. The van der Waals surface area contributed by atoms with Crippen molar-refractivity contribution in [3.05, 3.63) is 71.3 Å². The molecule has 0 aliphatic carbocycles. The second kappa shape index (κ2) is 9.64. The van der Waals surface area contributed by atoms with Crippen molar-refractivity contribution in [2.45, 2.75) is 51.9 Å². The molecule has 2 heteroatoms. The minimum Gasteiger partial charge on any atom is -0.406 e. The quantitative estimate of drug-likeness (QED) is 0.420. The number of aryl methyl sites for hydroxylation is 3. The Balaban J connectivity index is 1.42. The van der Waals surface area contributed by atoms with Crippen LogP contribution in [0.4, 0.5) is 11.4 Å². The highest BCUT2D eigenvalue weighted by molar-refractivity contribution is 5.53. The number of fused-ring (bicyclic) bond motifs is 1. The highest BCUT2D eigenvalue weighted by Crippen LogP contribution is 2.25. The molecule has 144 valence electrons. The van der Waals surface area contributed by atoms with Crippen LogP contribution in [0.2, 0.25) is 0 Å². The molecule has 0 spiro atoms. The summed E-state index contributed by atoms with van der Waals surface area (Å²) in [4.78, 5) is 0. The third-order valence-electron chi connectivity index (χ3n) is 5.74. The zero-order chi connectivity index (χ0) is 19.1. The third kappa shape index (κ3) is 5.63. The molecular weight excluding hydrogens is 328 g/mol. The molecule has 2 aromatic carbocycles. The Labute approximate surface area is 165 Å². The van der Waals surface area contributed by atoms with Gasteiger partial charge in [-0.15, -0.1) is 5.56 Å². The predicted octanol–water partition coefficient (Wildman–Crippen LogP) is 6.03. The Bertz CT molecular complexity index is 763. The number of allylic oxidation sites excluding steroid dienone is 1. The lowest BCUT2D eigenvalue weighted by molar-refractivity contribution is 0.581. The van der Waals surface area contributed by atoms with Crippen LogP contribution < -0.4 is 10.6 Å². The van der Waals surface area contributed by atoms with E-state index in [0.29, 0.717) is 5.92 Å². The molecule has 2 aromatic rings. The van der Waals surface area contributed by atoms with Crippen molar-refractivity contribution in [3.63, 3.8) is 0 Å². The van der Waals surface area contributed by atoms with Crippen molar-refractivity contribution >= 4 is 11.4 Å². The molecule has 27 heavy (non-hydrogen) atoms. The first kappa shape index (κ1) is 19.5. The zero-order valence-corrected chi connectivity index (χ0v) is 16.9. The number of benzene rings is 2. The molecule has 0 bridgehead atoms. The fraction of sp³-hybridized carbons (Fsp3) is 0.440. The standard InChI is InChI=1S/C25H33N2/c1-19(7-4-8-21-9-5-11-24(17-21)26-3)20(2)12-13-22-14-15-23-10-6-16-27-25(23)18-22/h5,9,11,14-15,17,20,26-27H,1,4,6-8,10,12-13,16H2,2-3H3/q-1. The van der Waals surface area contributed by atoms with Crippen molar-refractivity contribution in [3.8, 4) is 0 Å². The molecule has 3 rings (SSSR count). The van der Waals surface area contributed by atoms with Crippen LogP contribution in [0.5, 0.6) is 0 Å². The van der Waals surface area contributed by atoms with Crippen molar-refractivity contribution in [2.75, 3.05) is 24.2 Å². The van der Waals surface area contributed by atoms with Gasteiger partial charge in [0.2, 0.25) is 0 Å². The normalized spacial score (nSPS) is 14.1. The maximum Gasteiger partial charge on any atom is 0.0340 e. The van der Waals surface area contributed by atoms with E-state index in [4.69, 9.17) is 0 Å². The Morgan fingerprint density at radius 3 is 3.00 bits per heavy atom. The Kier molecular flexibility index (Phi) is 6.98. The largest absolute Gasteiger partial charge is 0.406 e. The lowest BCUT2D eigenvalue weighted by atomic mass is 9.90. The third-order valence-corrected chi connectivity index (χ3v) is 5.74. The van der Waals surface area contributed by atoms with E-state index in [1.54, 1.807) is 0 Å². The highest BCUT2D eigenvalue weighted by Gasteiger charge is 2.08. The van der Waals surface area contributed by atoms with E-state index in [1.807, 2.05) is 7.05 Å². The maximum atomic E-state index is 4.37. The van der Waals surface area contributed by atoms with Crippen molar-refractivity contribution in [2.24, 2.45) is 5.92 Å². The van der Waals surface area contributed by atoms with E-state index in [9.17, 15) is 0 Å². The van der Waals surface area contributed by atoms with Gasteiger partial charge < -0.3 is 10.6 Å². The van der Waals surface area contributed by atoms with E-state index in [1.165, 1.54) is 52.9 Å². The zero-order valence-electron chi connectivity index (χ0n) is 16.9. The Morgan fingerprint density at radius 1 is 1.26 bits per heavy atom. The summed E-state index contributed by atoms with van der Waals surface area (Å²) in [5.74, 6) is 0.561. The smallest absolute Gasteiger partial charge is 0.0340 e. The molecule has 1 heterocycles. The second-order valence-electron chi connectivity index (χ2n) is 7.82. The van der Waals surface area contributed by atoms with Crippen LogP contribution in [-0.2, 0) is 19.3 Å². The van der Waals surface area contributed by atoms with E-state index >= 15 is 0 Å². The molecular formula is C25H33N2-. The molecule has 2 nitrogen and oxygen atoms in total. The summed E-state index contributed by atoms with van der Waals surface area (Å²) in [7, 11) is 1.97. The average molecular weight is 362 g/mol. The Hall–Kier alpha value is -2.22. The molecule has 1 unspecified atom stereocenters. The lowest BCUT2D eigenvalue weighted by Gasteiger charge is -2.26. The van der Waals surface area contributed by atoms with Crippen molar-refractivity contribution in [1.82, 2.24) is 0 Å². The molecule has 2 N–H and O–H groups in total. The van der Waals surface area contributed by atoms with E-state index < -0.39 is 0 Å². The molecule has 0 radical (unpaired) electrons. The van der Waals surface area contributed by atoms with Crippen LogP contribution in [-0.4, -0.2) is 13.6 Å². The minimum atomic E-state index is 0.561. The van der Waals surface area contributed by atoms with Gasteiger partial charge in [0.15, 0.2) is 0 Å². The van der Waals surface area contributed by atoms with Gasteiger partial charge in [-0.2, -0.15) is 23.8 Å². The van der Waals surface area contributed by atoms with Crippen LogP contribution in [0.15, 0.2) is 48.6 Å². The monoisotopic (exact) mass is 361 g/mol. The summed E-state index contributed by atoms with van der Waals surface area (Å²) < 4.78 is 0. The predicted molar refractivity (Wildman–Crippen MR) is 118 cm³/mol. The van der Waals surface area contributed by atoms with Gasteiger partial charge in [0.05, 0.1) is 0 Å². The molecule has 0 aromatic heterocycles. The second-order valence-corrected chi connectivity index (χ2v) is 7.82. The number of hydrogen-bond acceptors (Lipinski definition) is 2. The van der Waals surface area contributed by atoms with E-state index in [2.05, 4.69) is 66.6 Å². The number of nitrogens with one attached hydrogen (secondary N) is 2. The number of anilines is 2. The molecule has 1 atom stereocenters. The van der Waals surface area contributed by atoms with Crippen molar-refractivity contribution < 1.29 is 0 Å². The summed E-state index contributed by atoms with van der Waals surface area (Å²) in [5.41, 5.74) is 7.95. The molecule has 0 fully saturated rings. The first-order valence-electron chi connectivity index (χ1n) is 10.4. The van der Waals surface area contributed by atoms with Gasteiger partial charge >= 0.3 is 0 Å². The average Bonchev–Trinajstić information content (AvgIpc) is 2.71. The molecule has 0 saturated carbocycles. The number of rotatable bonds is 9. The van der Waals surface area contributed by atoms with Crippen LogP contribution in [0.1, 0.15) is 49.3 Å². The number of hydrogen-bond donors (Lipinski definition) is 2. The van der Waals surface area contributed by atoms with Gasteiger partial charge in [0.1, 0.15) is 0 Å². The molecule has 1 aliphatic heterocycles.